The Morgan fingerprint density at radius 1 is 0.967 bits per heavy atom. The molecule has 4 aromatic rings. The Morgan fingerprint density at radius 3 is 2.63 bits per heavy atom. The van der Waals surface area contributed by atoms with Crippen LogP contribution in [0.25, 0.3) is 22.3 Å². The molecule has 0 atom stereocenters. The number of aromatic nitrogens is 3. The number of fused-ring (bicyclic) bond motifs is 1. The summed E-state index contributed by atoms with van der Waals surface area (Å²) in [6, 6.07) is 21.2. The lowest BCUT2D eigenvalue weighted by molar-refractivity contribution is 0.0948. The van der Waals surface area contributed by atoms with Crippen molar-refractivity contribution < 1.29 is 4.79 Å². The van der Waals surface area contributed by atoms with E-state index in [1.54, 1.807) is 12.3 Å². The van der Waals surface area contributed by atoms with Gasteiger partial charge in [0.25, 0.3) is 5.91 Å². The first kappa shape index (κ1) is 19.5. The van der Waals surface area contributed by atoms with Crippen LogP contribution < -0.4 is 10.6 Å². The van der Waals surface area contributed by atoms with Crippen LogP contribution in [0, 0.1) is 0 Å². The van der Waals surface area contributed by atoms with Gasteiger partial charge in [0.05, 0.1) is 11.2 Å². The van der Waals surface area contributed by atoms with Crippen molar-refractivity contribution in [2.24, 2.45) is 0 Å². The first-order valence-corrected chi connectivity index (χ1v) is 10.1. The number of anilines is 2. The van der Waals surface area contributed by atoms with E-state index in [1.807, 2.05) is 60.7 Å². The molecular formula is C24H23N5O. The van der Waals surface area contributed by atoms with E-state index in [9.17, 15) is 4.79 Å². The van der Waals surface area contributed by atoms with Gasteiger partial charge < -0.3 is 10.6 Å². The van der Waals surface area contributed by atoms with Gasteiger partial charge in [-0.25, -0.2) is 9.97 Å². The summed E-state index contributed by atoms with van der Waals surface area (Å²) in [5, 5.41) is 7.28. The molecule has 2 heterocycles. The van der Waals surface area contributed by atoms with Gasteiger partial charge >= 0.3 is 0 Å². The third-order valence-corrected chi connectivity index (χ3v) is 4.70. The van der Waals surface area contributed by atoms with Crippen LogP contribution in [0.1, 0.15) is 30.3 Å². The van der Waals surface area contributed by atoms with Crippen molar-refractivity contribution in [2.45, 2.75) is 19.8 Å². The van der Waals surface area contributed by atoms with E-state index in [4.69, 9.17) is 0 Å². The molecule has 0 bridgehead atoms. The minimum Gasteiger partial charge on any atom is -0.351 e. The summed E-state index contributed by atoms with van der Waals surface area (Å²) in [7, 11) is 0. The van der Waals surface area contributed by atoms with Gasteiger partial charge in [0.15, 0.2) is 5.82 Å². The smallest absolute Gasteiger partial charge is 0.270 e. The van der Waals surface area contributed by atoms with Crippen molar-refractivity contribution in [1.29, 1.82) is 0 Å². The Balaban J connectivity index is 1.72. The molecule has 0 aliphatic carbocycles. The van der Waals surface area contributed by atoms with Crippen LogP contribution >= 0.6 is 0 Å². The van der Waals surface area contributed by atoms with Crippen LogP contribution in [0.15, 0.2) is 72.9 Å². The second-order valence-corrected chi connectivity index (χ2v) is 6.94. The summed E-state index contributed by atoms with van der Waals surface area (Å²) >= 11 is 0. The summed E-state index contributed by atoms with van der Waals surface area (Å²) in [5.41, 5.74) is 2.84. The number of hydrogen-bond acceptors (Lipinski definition) is 5. The molecule has 0 fully saturated rings. The molecule has 2 aromatic carbocycles. The summed E-state index contributed by atoms with van der Waals surface area (Å²) in [6.07, 6.45) is 3.70. The van der Waals surface area contributed by atoms with Crippen molar-refractivity contribution in [3.8, 4) is 11.4 Å². The summed E-state index contributed by atoms with van der Waals surface area (Å²) in [5.74, 6) is 0.833. The predicted molar refractivity (Wildman–Crippen MR) is 120 cm³/mol. The molecule has 2 aromatic heterocycles. The molecule has 0 saturated carbocycles. The number of benzene rings is 2. The zero-order chi connectivity index (χ0) is 20.8. The van der Waals surface area contributed by atoms with E-state index >= 15 is 0 Å². The second kappa shape index (κ2) is 9.13. The molecular weight excluding hydrogens is 374 g/mol. The third kappa shape index (κ3) is 4.43. The largest absolute Gasteiger partial charge is 0.351 e. The molecule has 6 nitrogen and oxygen atoms in total. The molecule has 0 radical (unpaired) electrons. The Labute approximate surface area is 175 Å². The number of pyridine rings is 1. The van der Waals surface area contributed by atoms with E-state index in [2.05, 4.69) is 32.5 Å². The minimum atomic E-state index is -0.206. The molecule has 1 amide bonds. The molecule has 0 saturated heterocycles. The summed E-state index contributed by atoms with van der Waals surface area (Å²) in [6.45, 7) is 2.71. The van der Waals surface area contributed by atoms with Gasteiger partial charge in [-0.05, 0) is 18.6 Å². The number of unbranched alkanes of at least 4 members (excludes halogenated alkanes) is 1. The first-order valence-electron chi connectivity index (χ1n) is 10.1. The normalized spacial score (nSPS) is 10.7. The highest BCUT2D eigenvalue weighted by molar-refractivity contribution is 5.95. The van der Waals surface area contributed by atoms with Gasteiger partial charge in [-0.2, -0.15) is 0 Å². The Bertz CT molecular complexity index is 1160. The predicted octanol–water partition coefficient (Wildman–Crippen LogP) is 4.97. The van der Waals surface area contributed by atoms with E-state index in [-0.39, 0.29) is 5.91 Å². The molecule has 0 aliphatic rings. The second-order valence-electron chi connectivity index (χ2n) is 6.94. The minimum absolute atomic E-state index is 0.206. The average Bonchev–Trinajstić information content (AvgIpc) is 2.80. The van der Waals surface area contributed by atoms with Crippen LogP contribution in [0.4, 0.5) is 11.5 Å². The maximum Gasteiger partial charge on any atom is 0.270 e. The highest BCUT2D eigenvalue weighted by Crippen LogP contribution is 2.25. The van der Waals surface area contributed by atoms with Crippen LogP contribution in [0.2, 0.25) is 0 Å². The number of carbonyl (C=O) groups excluding carboxylic acids is 1. The standard InChI is InChI=1S/C24H23N5O/c1-2-3-14-26-24(30)20-16-21(29-23(28-20)18-9-5-4-6-10-18)27-19-13-7-11-17-12-8-15-25-22(17)19/h4-13,15-16H,2-3,14H2,1H3,(H,26,30)(H,27,28,29). The lowest BCUT2D eigenvalue weighted by Crippen LogP contribution is -2.25. The van der Waals surface area contributed by atoms with Crippen LogP contribution in [0.5, 0.6) is 0 Å². The van der Waals surface area contributed by atoms with Gasteiger partial charge in [-0.1, -0.05) is 61.9 Å². The molecule has 0 spiro atoms. The SMILES string of the molecule is CCCCNC(=O)c1cc(Nc2cccc3cccnc23)nc(-c2ccccc2)n1. The molecule has 2 N–H and O–H groups in total. The van der Waals surface area contributed by atoms with Crippen molar-refractivity contribution in [2.75, 3.05) is 11.9 Å². The Kier molecular flexibility index (Phi) is 5.94. The molecule has 0 unspecified atom stereocenters. The number of nitrogens with one attached hydrogen (secondary N) is 2. The fraction of sp³-hybridized carbons (Fsp3) is 0.167. The highest BCUT2D eigenvalue weighted by atomic mass is 16.1. The van der Waals surface area contributed by atoms with Crippen molar-refractivity contribution >= 4 is 28.3 Å². The van der Waals surface area contributed by atoms with E-state index < -0.39 is 0 Å². The van der Waals surface area contributed by atoms with Gasteiger partial charge in [0, 0.05) is 29.8 Å². The number of rotatable bonds is 7. The molecule has 0 aliphatic heterocycles. The number of carbonyl (C=O) groups is 1. The Morgan fingerprint density at radius 2 is 1.80 bits per heavy atom. The van der Waals surface area contributed by atoms with Gasteiger partial charge in [0.1, 0.15) is 11.5 Å². The molecule has 150 valence electrons. The first-order chi connectivity index (χ1) is 14.7. The fourth-order valence-electron chi connectivity index (χ4n) is 3.16. The van der Waals surface area contributed by atoms with Crippen LogP contribution in [-0.4, -0.2) is 27.4 Å². The van der Waals surface area contributed by atoms with Crippen LogP contribution in [0.3, 0.4) is 0 Å². The Hall–Kier alpha value is -3.80. The highest BCUT2D eigenvalue weighted by Gasteiger charge is 2.14. The van der Waals surface area contributed by atoms with Crippen molar-refractivity contribution in [3.05, 3.63) is 78.6 Å². The maximum absolute atomic E-state index is 12.7. The topological polar surface area (TPSA) is 79.8 Å². The molecule has 6 heteroatoms. The number of nitrogens with zero attached hydrogens (tertiary/aromatic N) is 3. The van der Waals surface area contributed by atoms with Gasteiger partial charge in [-0.3, -0.25) is 9.78 Å². The fourth-order valence-corrected chi connectivity index (χ4v) is 3.16. The summed E-state index contributed by atoms with van der Waals surface area (Å²) in [4.78, 5) is 26.3. The lowest BCUT2D eigenvalue weighted by Gasteiger charge is -2.12. The third-order valence-electron chi connectivity index (χ3n) is 4.70. The molecule has 4 rings (SSSR count). The van der Waals surface area contributed by atoms with Gasteiger partial charge in [-0.15, -0.1) is 0 Å². The number of hydrogen-bond donors (Lipinski definition) is 2. The maximum atomic E-state index is 12.7. The van der Waals surface area contributed by atoms with E-state index in [0.29, 0.717) is 23.9 Å². The average molecular weight is 397 g/mol. The quantitative estimate of drug-likeness (QED) is 0.431. The van der Waals surface area contributed by atoms with Crippen molar-refractivity contribution in [3.63, 3.8) is 0 Å². The zero-order valence-electron chi connectivity index (χ0n) is 16.8. The van der Waals surface area contributed by atoms with Crippen molar-refractivity contribution in [1.82, 2.24) is 20.3 Å². The van der Waals surface area contributed by atoms with E-state index in [0.717, 1.165) is 35.0 Å². The van der Waals surface area contributed by atoms with E-state index in [1.165, 1.54) is 0 Å². The number of para-hydroxylation sites is 1. The van der Waals surface area contributed by atoms with Crippen LogP contribution in [-0.2, 0) is 0 Å². The lowest BCUT2D eigenvalue weighted by atomic mass is 10.2. The zero-order valence-corrected chi connectivity index (χ0v) is 16.8. The summed E-state index contributed by atoms with van der Waals surface area (Å²) < 4.78 is 0. The van der Waals surface area contributed by atoms with Gasteiger partial charge in [0.2, 0.25) is 0 Å². The molecule has 30 heavy (non-hydrogen) atoms. The number of amides is 1. The monoisotopic (exact) mass is 397 g/mol.